The average Bonchev–Trinajstić information content (AvgIpc) is 2.24. The van der Waals surface area contributed by atoms with Crippen LogP contribution in [0.2, 0.25) is 0 Å². The Morgan fingerprint density at radius 2 is 1.94 bits per heavy atom. The van der Waals surface area contributed by atoms with Crippen LogP contribution >= 0.6 is 0 Å². The Labute approximate surface area is 99.0 Å². The molecule has 0 heterocycles. The van der Waals surface area contributed by atoms with Gasteiger partial charge >= 0.3 is 0 Å². The number of allylic oxidation sites excluding steroid dienone is 1. The molecule has 0 aromatic rings. The maximum Gasteiger partial charge on any atom is 0.264 e. The van der Waals surface area contributed by atoms with Crippen molar-refractivity contribution in [3.05, 3.63) is 12.7 Å². The van der Waals surface area contributed by atoms with Crippen molar-refractivity contribution in [2.75, 3.05) is 12.9 Å². The number of hydrogen-bond acceptors (Lipinski definition) is 3. The molecule has 94 valence electrons. The summed E-state index contributed by atoms with van der Waals surface area (Å²) in [5, 5.41) is 0. The lowest BCUT2D eigenvalue weighted by Crippen LogP contribution is -2.14. The second kappa shape index (κ2) is 6.40. The van der Waals surface area contributed by atoms with Crippen molar-refractivity contribution < 1.29 is 12.6 Å². The molecule has 0 atom stereocenters. The van der Waals surface area contributed by atoms with Crippen LogP contribution in [0.3, 0.4) is 0 Å². The van der Waals surface area contributed by atoms with Crippen molar-refractivity contribution in [2.24, 2.45) is 11.8 Å². The Hall–Kier alpha value is -0.350. The highest BCUT2D eigenvalue weighted by molar-refractivity contribution is 7.85. The third kappa shape index (κ3) is 5.66. The molecule has 0 amide bonds. The third-order valence-corrected chi connectivity index (χ3v) is 3.87. The predicted molar refractivity (Wildman–Crippen MR) is 65.7 cm³/mol. The third-order valence-electron chi connectivity index (χ3n) is 3.28. The summed E-state index contributed by atoms with van der Waals surface area (Å²) in [6, 6.07) is 0. The lowest BCUT2D eigenvalue weighted by Gasteiger charge is -2.26. The molecular formula is C12H22O3S. The van der Waals surface area contributed by atoms with Gasteiger partial charge in [0.25, 0.3) is 10.1 Å². The van der Waals surface area contributed by atoms with Crippen LogP contribution in [0.1, 0.15) is 38.5 Å². The summed E-state index contributed by atoms with van der Waals surface area (Å²) in [5.74, 6) is 1.45. The maximum absolute atomic E-state index is 10.7. The first-order valence-corrected chi connectivity index (χ1v) is 7.80. The Morgan fingerprint density at radius 1 is 1.31 bits per heavy atom. The molecule has 0 aromatic carbocycles. The van der Waals surface area contributed by atoms with E-state index in [1.165, 1.54) is 25.7 Å². The molecule has 0 saturated heterocycles. The molecule has 1 aliphatic carbocycles. The maximum atomic E-state index is 10.7. The second-order valence-electron chi connectivity index (χ2n) is 4.68. The fraction of sp³-hybridized carbons (Fsp3) is 0.833. The van der Waals surface area contributed by atoms with E-state index in [-0.39, 0.29) is 0 Å². The van der Waals surface area contributed by atoms with Crippen molar-refractivity contribution in [1.29, 1.82) is 0 Å². The first-order valence-electron chi connectivity index (χ1n) is 5.98. The van der Waals surface area contributed by atoms with Crippen LogP contribution in [0, 0.1) is 11.8 Å². The lowest BCUT2D eigenvalue weighted by molar-refractivity contribution is 0.257. The molecule has 0 radical (unpaired) electrons. The van der Waals surface area contributed by atoms with E-state index < -0.39 is 10.1 Å². The van der Waals surface area contributed by atoms with Crippen LogP contribution in [0.4, 0.5) is 0 Å². The fourth-order valence-electron chi connectivity index (χ4n) is 2.29. The Balaban J connectivity index is 2.09. The fourth-order valence-corrected chi connectivity index (χ4v) is 2.72. The smallest absolute Gasteiger partial charge is 0.264 e. The highest BCUT2D eigenvalue weighted by Crippen LogP contribution is 2.31. The topological polar surface area (TPSA) is 43.4 Å². The SMILES string of the molecule is C=CC1CCC(CCCOS(C)(=O)=O)CC1. The zero-order valence-electron chi connectivity index (χ0n) is 10.0. The van der Waals surface area contributed by atoms with Gasteiger partial charge in [-0.25, -0.2) is 0 Å². The summed E-state index contributed by atoms with van der Waals surface area (Å²) < 4.78 is 26.2. The van der Waals surface area contributed by atoms with Crippen LogP contribution in [0.25, 0.3) is 0 Å². The summed E-state index contributed by atoms with van der Waals surface area (Å²) in [7, 11) is -3.25. The second-order valence-corrected chi connectivity index (χ2v) is 6.33. The van der Waals surface area contributed by atoms with Crippen LogP contribution in [-0.4, -0.2) is 21.3 Å². The quantitative estimate of drug-likeness (QED) is 0.411. The van der Waals surface area contributed by atoms with Gasteiger partial charge in [0.1, 0.15) is 0 Å². The van der Waals surface area contributed by atoms with Crippen LogP contribution in [0.5, 0.6) is 0 Å². The molecule has 0 aromatic heterocycles. The molecule has 16 heavy (non-hydrogen) atoms. The molecule has 1 rings (SSSR count). The van der Waals surface area contributed by atoms with E-state index in [2.05, 4.69) is 12.7 Å². The van der Waals surface area contributed by atoms with Gasteiger partial charge < -0.3 is 0 Å². The zero-order valence-corrected chi connectivity index (χ0v) is 10.8. The van der Waals surface area contributed by atoms with Gasteiger partial charge in [-0.1, -0.05) is 6.08 Å². The van der Waals surface area contributed by atoms with E-state index in [1.54, 1.807) is 0 Å². The van der Waals surface area contributed by atoms with E-state index in [0.717, 1.165) is 25.0 Å². The van der Waals surface area contributed by atoms with Gasteiger partial charge in [-0.05, 0) is 50.4 Å². The van der Waals surface area contributed by atoms with E-state index in [9.17, 15) is 8.42 Å². The molecule has 0 bridgehead atoms. The van der Waals surface area contributed by atoms with E-state index >= 15 is 0 Å². The van der Waals surface area contributed by atoms with Crippen LogP contribution < -0.4 is 0 Å². The molecule has 1 aliphatic rings. The molecular weight excluding hydrogens is 224 g/mol. The van der Waals surface area contributed by atoms with Crippen molar-refractivity contribution >= 4 is 10.1 Å². The minimum Gasteiger partial charge on any atom is -0.270 e. The largest absolute Gasteiger partial charge is 0.270 e. The minimum atomic E-state index is -3.25. The molecule has 3 nitrogen and oxygen atoms in total. The standard InChI is InChI=1S/C12H22O3S/c1-3-11-6-8-12(9-7-11)5-4-10-15-16(2,13)14/h3,11-12H,1,4-10H2,2H3. The van der Waals surface area contributed by atoms with Crippen molar-refractivity contribution in [3.8, 4) is 0 Å². The summed E-state index contributed by atoms with van der Waals surface area (Å²) in [6.07, 6.45) is 10.1. The lowest BCUT2D eigenvalue weighted by atomic mass is 9.80. The summed E-state index contributed by atoms with van der Waals surface area (Å²) >= 11 is 0. The average molecular weight is 246 g/mol. The van der Waals surface area contributed by atoms with Gasteiger partial charge in [0.05, 0.1) is 12.9 Å². The Bertz CT molecular complexity index is 300. The number of hydrogen-bond donors (Lipinski definition) is 0. The molecule has 0 N–H and O–H groups in total. The highest BCUT2D eigenvalue weighted by Gasteiger charge is 2.18. The molecule has 0 unspecified atom stereocenters. The Kier molecular flexibility index (Phi) is 5.49. The van der Waals surface area contributed by atoms with Crippen molar-refractivity contribution in [1.82, 2.24) is 0 Å². The van der Waals surface area contributed by atoms with Gasteiger partial charge in [0.2, 0.25) is 0 Å². The zero-order chi connectivity index (χ0) is 12.0. The Morgan fingerprint density at radius 3 is 2.44 bits per heavy atom. The van der Waals surface area contributed by atoms with Gasteiger partial charge in [-0.2, -0.15) is 8.42 Å². The molecule has 1 fully saturated rings. The minimum absolute atomic E-state index is 0.334. The van der Waals surface area contributed by atoms with E-state index in [0.29, 0.717) is 12.5 Å². The highest BCUT2D eigenvalue weighted by atomic mass is 32.2. The normalized spacial score (nSPS) is 26.6. The summed E-state index contributed by atoms with van der Waals surface area (Å²) in [6.45, 7) is 4.16. The molecule has 0 spiro atoms. The molecule has 0 aliphatic heterocycles. The monoisotopic (exact) mass is 246 g/mol. The van der Waals surface area contributed by atoms with Gasteiger partial charge in [0, 0.05) is 0 Å². The predicted octanol–water partition coefficient (Wildman–Crippen LogP) is 2.74. The van der Waals surface area contributed by atoms with Crippen LogP contribution in [-0.2, 0) is 14.3 Å². The van der Waals surface area contributed by atoms with Crippen molar-refractivity contribution in [2.45, 2.75) is 38.5 Å². The summed E-state index contributed by atoms with van der Waals surface area (Å²) in [5.41, 5.74) is 0. The van der Waals surface area contributed by atoms with Gasteiger partial charge in [-0.3, -0.25) is 4.18 Å². The van der Waals surface area contributed by atoms with Crippen LogP contribution in [0.15, 0.2) is 12.7 Å². The van der Waals surface area contributed by atoms with Gasteiger partial charge in [-0.15, -0.1) is 6.58 Å². The number of rotatable bonds is 6. The first kappa shape index (κ1) is 13.7. The molecule has 1 saturated carbocycles. The first-order chi connectivity index (χ1) is 7.51. The van der Waals surface area contributed by atoms with E-state index in [1.807, 2.05) is 0 Å². The van der Waals surface area contributed by atoms with Crippen molar-refractivity contribution in [3.63, 3.8) is 0 Å². The van der Waals surface area contributed by atoms with Gasteiger partial charge in [0.15, 0.2) is 0 Å². The van der Waals surface area contributed by atoms with E-state index in [4.69, 9.17) is 4.18 Å². The molecule has 4 heteroatoms. The summed E-state index contributed by atoms with van der Waals surface area (Å²) in [4.78, 5) is 0.